The fraction of sp³-hybridized carbons (Fsp3) is 0.278. The molecule has 0 N–H and O–H groups in total. The molecule has 123 valence electrons. The Balaban J connectivity index is 1.42. The van der Waals surface area contributed by atoms with Crippen LogP contribution < -0.4 is 4.90 Å². The number of anilines is 1. The summed E-state index contributed by atoms with van der Waals surface area (Å²) in [6, 6.07) is 12.1. The molecule has 1 saturated heterocycles. The molecule has 2 heterocycles. The van der Waals surface area contributed by atoms with Crippen molar-refractivity contribution < 1.29 is 9.50 Å². The number of hydrogen-bond donors (Lipinski definition) is 0. The fourth-order valence-electron chi connectivity index (χ4n) is 3.04. The van der Waals surface area contributed by atoms with Crippen molar-refractivity contribution in [1.82, 2.24) is 9.88 Å². The lowest BCUT2D eigenvalue weighted by molar-refractivity contribution is 0.249. The molecule has 0 atom stereocenters. The van der Waals surface area contributed by atoms with Gasteiger partial charge in [0, 0.05) is 32.7 Å². The van der Waals surface area contributed by atoms with E-state index in [0.29, 0.717) is 5.52 Å². The Morgan fingerprint density at radius 2 is 1.88 bits per heavy atom. The topological polar surface area (TPSA) is 39.3 Å². The molecular weight excluding hydrogens is 325 g/mol. The van der Waals surface area contributed by atoms with Crippen molar-refractivity contribution in [3.05, 3.63) is 53.8 Å². The molecule has 4 rings (SSSR count). The number of nitrogens with zero attached hydrogens (tertiary/aromatic N) is 3. The highest BCUT2D eigenvalue weighted by molar-refractivity contribution is 7.22. The minimum atomic E-state index is -0.186. The van der Waals surface area contributed by atoms with Crippen molar-refractivity contribution in [3.8, 4) is 5.75 Å². The summed E-state index contributed by atoms with van der Waals surface area (Å²) in [5, 5.41) is 12.8. The largest absolute Gasteiger partial charge is 0.345 e. The smallest absolute Gasteiger partial charge is 0.205 e. The van der Waals surface area contributed by atoms with Crippen LogP contribution in [0.2, 0.25) is 0 Å². The van der Waals surface area contributed by atoms with Gasteiger partial charge in [-0.3, -0.25) is 10.0 Å². The SMILES string of the molecule is [O]c1cccc2sc(N3CCN(Cc4cccc(F)c4)CC3)nc12. The predicted octanol–water partition coefficient (Wildman–Crippen LogP) is 3.90. The highest BCUT2D eigenvalue weighted by Gasteiger charge is 2.20. The lowest BCUT2D eigenvalue weighted by atomic mass is 10.2. The molecule has 1 aliphatic heterocycles. The first-order chi connectivity index (χ1) is 11.7. The van der Waals surface area contributed by atoms with E-state index in [1.54, 1.807) is 35.6 Å². The molecule has 24 heavy (non-hydrogen) atoms. The molecule has 1 aromatic heterocycles. The summed E-state index contributed by atoms with van der Waals surface area (Å²) in [7, 11) is 0. The Kier molecular flexibility index (Phi) is 4.08. The summed E-state index contributed by atoms with van der Waals surface area (Å²) >= 11 is 1.57. The lowest BCUT2D eigenvalue weighted by Gasteiger charge is -2.34. The monoisotopic (exact) mass is 342 g/mol. The van der Waals surface area contributed by atoms with Crippen LogP contribution in [0, 0.1) is 5.82 Å². The first-order valence-corrected chi connectivity index (χ1v) is 8.79. The quantitative estimate of drug-likeness (QED) is 0.725. The van der Waals surface area contributed by atoms with E-state index in [4.69, 9.17) is 0 Å². The molecular formula is C18H17FN3OS. The Hall–Kier alpha value is -2.18. The van der Waals surface area contributed by atoms with Crippen LogP contribution in [0.1, 0.15) is 5.56 Å². The number of thiazole rings is 1. The highest BCUT2D eigenvalue weighted by atomic mass is 32.1. The first-order valence-electron chi connectivity index (χ1n) is 7.97. The Labute approximate surface area is 143 Å². The van der Waals surface area contributed by atoms with Crippen molar-refractivity contribution in [2.45, 2.75) is 6.54 Å². The average Bonchev–Trinajstić information content (AvgIpc) is 3.01. The summed E-state index contributed by atoms with van der Waals surface area (Å²) in [6.07, 6.45) is 0. The van der Waals surface area contributed by atoms with Gasteiger partial charge in [-0.05, 0) is 29.8 Å². The highest BCUT2D eigenvalue weighted by Crippen LogP contribution is 2.34. The summed E-state index contributed by atoms with van der Waals surface area (Å²) in [5.74, 6) is -0.200. The second-order valence-corrected chi connectivity index (χ2v) is 7.00. The average molecular weight is 342 g/mol. The third-order valence-corrected chi connectivity index (χ3v) is 5.39. The van der Waals surface area contributed by atoms with Crippen LogP contribution in [0.3, 0.4) is 0 Å². The Morgan fingerprint density at radius 1 is 1.08 bits per heavy atom. The summed E-state index contributed by atoms with van der Waals surface area (Å²) in [4.78, 5) is 9.07. The molecule has 1 radical (unpaired) electrons. The van der Waals surface area contributed by atoms with Gasteiger partial charge < -0.3 is 4.90 Å². The lowest BCUT2D eigenvalue weighted by Crippen LogP contribution is -2.45. The zero-order chi connectivity index (χ0) is 16.5. The molecule has 4 nitrogen and oxygen atoms in total. The van der Waals surface area contributed by atoms with Crippen molar-refractivity contribution in [2.75, 3.05) is 31.1 Å². The predicted molar refractivity (Wildman–Crippen MR) is 93.6 cm³/mol. The van der Waals surface area contributed by atoms with Crippen LogP contribution >= 0.6 is 11.3 Å². The zero-order valence-corrected chi connectivity index (χ0v) is 13.9. The van der Waals surface area contributed by atoms with Crippen molar-refractivity contribution in [1.29, 1.82) is 0 Å². The minimum Gasteiger partial charge on any atom is -0.345 e. The van der Waals surface area contributed by atoms with E-state index >= 15 is 0 Å². The summed E-state index contributed by atoms with van der Waals surface area (Å²) in [5.41, 5.74) is 1.57. The zero-order valence-electron chi connectivity index (χ0n) is 13.1. The molecule has 0 unspecified atom stereocenters. The van der Waals surface area contributed by atoms with Crippen LogP contribution in [0.25, 0.3) is 10.2 Å². The molecule has 3 aromatic rings. The molecule has 0 aliphatic carbocycles. The van der Waals surface area contributed by atoms with Gasteiger partial charge in [0.1, 0.15) is 11.3 Å². The maximum Gasteiger partial charge on any atom is 0.205 e. The third kappa shape index (κ3) is 3.07. The van der Waals surface area contributed by atoms with E-state index < -0.39 is 0 Å². The number of benzene rings is 2. The summed E-state index contributed by atoms with van der Waals surface area (Å²) in [6.45, 7) is 4.29. The molecule has 0 amide bonds. The number of piperazine rings is 1. The van der Waals surface area contributed by atoms with Crippen molar-refractivity contribution in [3.63, 3.8) is 0 Å². The number of hydrogen-bond acceptors (Lipinski definition) is 4. The van der Waals surface area contributed by atoms with Gasteiger partial charge in [-0.1, -0.05) is 29.5 Å². The normalized spacial score (nSPS) is 16.0. The van der Waals surface area contributed by atoms with Crippen molar-refractivity contribution in [2.24, 2.45) is 0 Å². The molecule has 2 aromatic carbocycles. The van der Waals surface area contributed by atoms with E-state index in [-0.39, 0.29) is 11.6 Å². The van der Waals surface area contributed by atoms with Gasteiger partial charge in [-0.25, -0.2) is 9.37 Å². The van der Waals surface area contributed by atoms with Gasteiger partial charge in [0.15, 0.2) is 5.13 Å². The van der Waals surface area contributed by atoms with Crippen LogP contribution in [0.4, 0.5) is 9.52 Å². The summed E-state index contributed by atoms with van der Waals surface area (Å²) < 4.78 is 14.2. The maximum atomic E-state index is 13.3. The third-order valence-electron chi connectivity index (χ3n) is 4.31. The standard InChI is InChI=1S/C18H17FN3OS/c19-14-4-1-3-13(11-14)12-21-7-9-22(10-8-21)18-20-17-15(23)5-2-6-16(17)24-18/h1-6,11H,7-10,12H2. The molecule has 6 heteroatoms. The van der Waals surface area contributed by atoms with E-state index in [2.05, 4.69) is 14.8 Å². The fourth-order valence-corrected chi connectivity index (χ4v) is 4.07. The molecule has 0 bridgehead atoms. The second-order valence-electron chi connectivity index (χ2n) is 5.99. The molecule has 1 fully saturated rings. The number of aromatic nitrogens is 1. The second kappa shape index (κ2) is 6.37. The van der Waals surface area contributed by atoms with Crippen LogP contribution in [0.15, 0.2) is 42.5 Å². The molecule has 0 spiro atoms. The van der Waals surface area contributed by atoms with Gasteiger partial charge >= 0.3 is 0 Å². The first kappa shape index (κ1) is 15.4. The Morgan fingerprint density at radius 3 is 2.62 bits per heavy atom. The molecule has 1 aliphatic rings. The van der Waals surface area contributed by atoms with Gasteiger partial charge in [0.2, 0.25) is 5.75 Å². The van der Waals surface area contributed by atoms with E-state index in [9.17, 15) is 9.50 Å². The van der Waals surface area contributed by atoms with E-state index in [0.717, 1.165) is 48.1 Å². The number of rotatable bonds is 3. The van der Waals surface area contributed by atoms with E-state index in [1.807, 2.05) is 12.1 Å². The van der Waals surface area contributed by atoms with Crippen LogP contribution in [-0.2, 0) is 11.7 Å². The number of para-hydroxylation sites is 1. The number of halogens is 1. The van der Waals surface area contributed by atoms with Crippen molar-refractivity contribution >= 4 is 26.7 Å². The van der Waals surface area contributed by atoms with E-state index in [1.165, 1.54) is 6.07 Å². The number of fused-ring (bicyclic) bond motifs is 1. The van der Waals surface area contributed by atoms with Gasteiger partial charge in [-0.15, -0.1) is 0 Å². The van der Waals surface area contributed by atoms with Gasteiger partial charge in [0.25, 0.3) is 0 Å². The van der Waals surface area contributed by atoms with Gasteiger partial charge in [0.05, 0.1) is 4.70 Å². The molecule has 0 saturated carbocycles. The Bertz CT molecular complexity index is 858. The van der Waals surface area contributed by atoms with Crippen LogP contribution in [0.5, 0.6) is 5.75 Å². The van der Waals surface area contributed by atoms with Crippen LogP contribution in [-0.4, -0.2) is 36.1 Å². The maximum absolute atomic E-state index is 13.3. The minimum absolute atomic E-state index is 0.0141. The van der Waals surface area contributed by atoms with Gasteiger partial charge in [-0.2, -0.15) is 0 Å².